The zero-order chi connectivity index (χ0) is 15.7. The Morgan fingerprint density at radius 2 is 2.18 bits per heavy atom. The maximum absolute atomic E-state index is 13.8. The third-order valence-electron chi connectivity index (χ3n) is 3.66. The number of anilines is 1. The van der Waals surface area contributed by atoms with Crippen LogP contribution in [0.2, 0.25) is 0 Å². The van der Waals surface area contributed by atoms with Crippen LogP contribution in [0, 0.1) is 18.2 Å². The van der Waals surface area contributed by atoms with E-state index in [2.05, 4.69) is 16.2 Å². The van der Waals surface area contributed by atoms with E-state index in [1.165, 1.54) is 18.3 Å². The van der Waals surface area contributed by atoms with Crippen molar-refractivity contribution in [3.63, 3.8) is 0 Å². The van der Waals surface area contributed by atoms with Crippen LogP contribution in [0.3, 0.4) is 0 Å². The highest BCUT2D eigenvalue weighted by Gasteiger charge is 2.36. The minimum Gasteiger partial charge on any atom is -0.327 e. The quantitative estimate of drug-likeness (QED) is 0.854. The van der Waals surface area contributed by atoms with Gasteiger partial charge in [-0.3, -0.25) is 4.79 Å². The first-order valence-electron chi connectivity index (χ1n) is 6.87. The molecule has 22 heavy (non-hydrogen) atoms. The highest BCUT2D eigenvalue weighted by Crippen LogP contribution is 2.41. The molecule has 1 aliphatic rings. The van der Waals surface area contributed by atoms with Gasteiger partial charge in [-0.15, -0.1) is 6.42 Å². The van der Waals surface area contributed by atoms with Crippen LogP contribution < -0.4 is 11.1 Å². The molecule has 110 valence electrons. The lowest BCUT2D eigenvalue weighted by Crippen LogP contribution is -2.14. The molecular formula is C17H14FN3O. The molecule has 4 nitrogen and oxygen atoms in total. The van der Waals surface area contributed by atoms with Gasteiger partial charge in [-0.2, -0.15) is 0 Å². The summed E-state index contributed by atoms with van der Waals surface area (Å²) in [5.74, 6) is 1.79. The summed E-state index contributed by atoms with van der Waals surface area (Å²) in [4.78, 5) is 16.1. The number of nitrogens with one attached hydrogen (secondary N) is 1. The summed E-state index contributed by atoms with van der Waals surface area (Å²) in [6.07, 6.45) is 7.46. The minimum absolute atomic E-state index is 0.00146. The fourth-order valence-corrected chi connectivity index (χ4v) is 2.29. The number of halogens is 1. The smallest absolute Gasteiger partial charge is 0.274 e. The fourth-order valence-electron chi connectivity index (χ4n) is 2.29. The van der Waals surface area contributed by atoms with Crippen LogP contribution in [0.15, 0.2) is 36.5 Å². The van der Waals surface area contributed by atoms with Gasteiger partial charge < -0.3 is 11.1 Å². The first-order valence-corrected chi connectivity index (χ1v) is 6.87. The molecule has 0 radical (unpaired) electrons. The second-order valence-corrected chi connectivity index (χ2v) is 5.27. The number of pyridine rings is 1. The van der Waals surface area contributed by atoms with E-state index in [0.29, 0.717) is 16.8 Å². The van der Waals surface area contributed by atoms with Crippen LogP contribution in [0.25, 0.3) is 0 Å². The summed E-state index contributed by atoms with van der Waals surface area (Å²) >= 11 is 0. The van der Waals surface area contributed by atoms with Crippen molar-refractivity contribution < 1.29 is 9.18 Å². The Morgan fingerprint density at radius 1 is 1.41 bits per heavy atom. The zero-order valence-corrected chi connectivity index (χ0v) is 11.7. The van der Waals surface area contributed by atoms with Gasteiger partial charge >= 0.3 is 0 Å². The number of terminal acetylenes is 1. The Kier molecular flexibility index (Phi) is 3.61. The van der Waals surface area contributed by atoms with Crippen LogP contribution in [0.1, 0.15) is 34.0 Å². The Morgan fingerprint density at radius 3 is 2.77 bits per heavy atom. The molecule has 0 saturated heterocycles. The molecule has 3 N–H and O–H groups in total. The van der Waals surface area contributed by atoms with E-state index in [9.17, 15) is 9.18 Å². The molecule has 1 heterocycles. The Balaban J connectivity index is 1.77. The summed E-state index contributed by atoms with van der Waals surface area (Å²) in [6, 6.07) is 7.66. The first-order chi connectivity index (χ1) is 10.6. The molecule has 1 amide bonds. The second kappa shape index (κ2) is 5.58. The lowest BCUT2D eigenvalue weighted by atomic mass is 10.1. The maximum Gasteiger partial charge on any atom is 0.274 e. The van der Waals surface area contributed by atoms with Gasteiger partial charge in [-0.05, 0) is 42.3 Å². The summed E-state index contributed by atoms with van der Waals surface area (Å²) in [6.45, 7) is 0. The van der Waals surface area contributed by atoms with Crippen LogP contribution >= 0.6 is 0 Å². The summed E-state index contributed by atoms with van der Waals surface area (Å²) < 4.78 is 13.8. The van der Waals surface area contributed by atoms with Gasteiger partial charge in [-0.25, -0.2) is 9.37 Å². The standard InChI is InChI=1S/C17H14FN3O/c1-2-10-3-6-16(20-9-10)17(22)21-11-4-5-14(18)12(7-11)13-8-15(13)19/h1,3-7,9,13,15H,8,19H2,(H,21,22)/t13-,15-/m1/s1. The van der Waals surface area contributed by atoms with Gasteiger partial charge in [0.15, 0.2) is 0 Å². The zero-order valence-electron chi connectivity index (χ0n) is 11.7. The molecular weight excluding hydrogens is 281 g/mol. The molecule has 1 aromatic heterocycles. The minimum atomic E-state index is -0.374. The Bertz CT molecular complexity index is 764. The van der Waals surface area contributed by atoms with Crippen molar-refractivity contribution in [3.05, 3.63) is 59.2 Å². The summed E-state index contributed by atoms with van der Waals surface area (Å²) in [5.41, 5.74) is 7.66. The number of hydrogen-bond donors (Lipinski definition) is 2. The van der Waals surface area contributed by atoms with Crippen LogP contribution in [0.4, 0.5) is 10.1 Å². The largest absolute Gasteiger partial charge is 0.327 e. The number of nitrogens with two attached hydrogens (primary N) is 1. The van der Waals surface area contributed by atoms with Gasteiger partial charge in [0.05, 0.1) is 0 Å². The molecule has 1 aliphatic carbocycles. The maximum atomic E-state index is 13.8. The summed E-state index contributed by atoms with van der Waals surface area (Å²) in [7, 11) is 0. The number of aromatic nitrogens is 1. The number of nitrogens with zero attached hydrogens (tertiary/aromatic N) is 1. The van der Waals surface area contributed by atoms with Gasteiger partial charge in [0, 0.05) is 29.4 Å². The number of amides is 1. The average molecular weight is 295 g/mol. The third kappa shape index (κ3) is 2.83. The van der Waals surface area contributed by atoms with E-state index in [-0.39, 0.29) is 29.4 Å². The van der Waals surface area contributed by atoms with Gasteiger partial charge in [0.2, 0.25) is 0 Å². The molecule has 1 saturated carbocycles. The molecule has 2 aromatic rings. The molecule has 3 rings (SSSR count). The van der Waals surface area contributed by atoms with Crippen molar-refractivity contribution in [2.24, 2.45) is 5.73 Å². The van der Waals surface area contributed by atoms with E-state index in [4.69, 9.17) is 12.2 Å². The van der Waals surface area contributed by atoms with Crippen molar-refractivity contribution >= 4 is 11.6 Å². The molecule has 0 spiro atoms. The van der Waals surface area contributed by atoms with E-state index in [1.807, 2.05) is 0 Å². The molecule has 2 atom stereocenters. The molecule has 5 heteroatoms. The van der Waals surface area contributed by atoms with Crippen LogP contribution in [-0.4, -0.2) is 16.9 Å². The SMILES string of the molecule is C#Cc1ccc(C(=O)Nc2ccc(F)c([C@H]3C[C@H]3N)c2)nc1. The number of carbonyl (C=O) groups is 1. The van der Waals surface area contributed by atoms with Gasteiger partial charge in [0.25, 0.3) is 5.91 Å². The lowest BCUT2D eigenvalue weighted by Gasteiger charge is -2.08. The highest BCUT2D eigenvalue weighted by atomic mass is 19.1. The topological polar surface area (TPSA) is 68.0 Å². The predicted octanol–water partition coefficient (Wildman–Crippen LogP) is 2.27. The molecule has 0 unspecified atom stereocenters. The van der Waals surface area contributed by atoms with E-state index in [1.54, 1.807) is 18.2 Å². The van der Waals surface area contributed by atoms with Crippen LogP contribution in [0.5, 0.6) is 0 Å². The van der Waals surface area contributed by atoms with Gasteiger partial charge in [-0.1, -0.05) is 5.92 Å². The van der Waals surface area contributed by atoms with Crippen molar-refractivity contribution in [2.75, 3.05) is 5.32 Å². The fraction of sp³-hybridized carbons (Fsp3) is 0.176. The van der Waals surface area contributed by atoms with E-state index >= 15 is 0 Å². The van der Waals surface area contributed by atoms with Crippen LogP contribution in [-0.2, 0) is 0 Å². The molecule has 0 aliphatic heterocycles. The Labute approximate surface area is 127 Å². The molecule has 1 fully saturated rings. The van der Waals surface area contributed by atoms with Crippen molar-refractivity contribution in [3.8, 4) is 12.3 Å². The average Bonchev–Trinajstić information content (AvgIpc) is 3.26. The lowest BCUT2D eigenvalue weighted by molar-refractivity contribution is 0.102. The third-order valence-corrected chi connectivity index (χ3v) is 3.66. The van der Waals surface area contributed by atoms with Gasteiger partial charge in [0.1, 0.15) is 11.5 Å². The first kappa shape index (κ1) is 14.2. The molecule has 0 bridgehead atoms. The number of rotatable bonds is 3. The molecule has 1 aromatic carbocycles. The Hall–Kier alpha value is -2.71. The second-order valence-electron chi connectivity index (χ2n) is 5.27. The van der Waals surface area contributed by atoms with Crippen molar-refractivity contribution in [1.82, 2.24) is 4.98 Å². The highest BCUT2D eigenvalue weighted by molar-refractivity contribution is 6.02. The number of hydrogen-bond acceptors (Lipinski definition) is 3. The number of benzene rings is 1. The van der Waals surface area contributed by atoms with Crippen molar-refractivity contribution in [1.29, 1.82) is 0 Å². The monoisotopic (exact) mass is 295 g/mol. The normalized spacial score (nSPS) is 19.3. The van der Waals surface area contributed by atoms with Crippen molar-refractivity contribution in [2.45, 2.75) is 18.4 Å². The number of carbonyl (C=O) groups excluding carboxylic acids is 1. The predicted molar refractivity (Wildman–Crippen MR) is 81.9 cm³/mol. The van der Waals surface area contributed by atoms with E-state index < -0.39 is 0 Å². The summed E-state index contributed by atoms with van der Waals surface area (Å²) in [5, 5.41) is 2.70. The van der Waals surface area contributed by atoms with E-state index in [0.717, 1.165) is 6.42 Å².